The van der Waals surface area contributed by atoms with Crippen molar-refractivity contribution in [3.63, 3.8) is 0 Å². The van der Waals surface area contributed by atoms with Gasteiger partial charge in [0, 0.05) is 23.6 Å². The van der Waals surface area contributed by atoms with Gasteiger partial charge < -0.3 is 9.84 Å². The van der Waals surface area contributed by atoms with E-state index in [2.05, 4.69) is 34.7 Å². The van der Waals surface area contributed by atoms with Gasteiger partial charge in [-0.05, 0) is 38.1 Å². The highest BCUT2D eigenvalue weighted by atomic mass is 79.9. The minimum atomic E-state index is 0.191. The van der Waals surface area contributed by atoms with Crippen molar-refractivity contribution in [3.05, 3.63) is 28.7 Å². The topological polar surface area (TPSA) is 32.7 Å². The SMILES string of the molecule is CC(C)N(CCO)CCOc1ccc(Br)cc1. The summed E-state index contributed by atoms with van der Waals surface area (Å²) in [5.74, 6) is 0.876. The highest BCUT2D eigenvalue weighted by Crippen LogP contribution is 2.16. The maximum absolute atomic E-state index is 8.94. The van der Waals surface area contributed by atoms with Crippen LogP contribution in [-0.4, -0.2) is 42.4 Å². The van der Waals surface area contributed by atoms with Crippen LogP contribution in [0.5, 0.6) is 5.75 Å². The van der Waals surface area contributed by atoms with Crippen LogP contribution >= 0.6 is 15.9 Å². The fourth-order valence-corrected chi connectivity index (χ4v) is 1.83. The fraction of sp³-hybridized carbons (Fsp3) is 0.538. The Morgan fingerprint density at radius 2 is 1.88 bits per heavy atom. The highest BCUT2D eigenvalue weighted by molar-refractivity contribution is 9.10. The largest absolute Gasteiger partial charge is 0.492 e. The molecule has 0 aliphatic rings. The third kappa shape index (κ3) is 5.52. The molecule has 0 bridgehead atoms. The van der Waals surface area contributed by atoms with Crippen LogP contribution in [0.4, 0.5) is 0 Å². The van der Waals surface area contributed by atoms with Crippen LogP contribution in [0, 0.1) is 0 Å². The molecule has 1 aromatic carbocycles. The Kier molecular flexibility index (Phi) is 6.55. The molecule has 0 aromatic heterocycles. The maximum Gasteiger partial charge on any atom is 0.119 e. The van der Waals surface area contributed by atoms with E-state index in [9.17, 15) is 0 Å². The summed E-state index contributed by atoms with van der Waals surface area (Å²) < 4.78 is 6.69. The molecule has 1 N–H and O–H groups in total. The normalized spacial score (nSPS) is 11.2. The Morgan fingerprint density at radius 3 is 2.41 bits per heavy atom. The zero-order valence-corrected chi connectivity index (χ0v) is 12.0. The summed E-state index contributed by atoms with van der Waals surface area (Å²) in [5.41, 5.74) is 0. The lowest BCUT2D eigenvalue weighted by atomic mass is 10.3. The maximum atomic E-state index is 8.94. The van der Waals surface area contributed by atoms with E-state index in [1.165, 1.54) is 0 Å². The van der Waals surface area contributed by atoms with Crippen LogP contribution in [0.15, 0.2) is 28.7 Å². The van der Waals surface area contributed by atoms with Gasteiger partial charge in [-0.25, -0.2) is 0 Å². The van der Waals surface area contributed by atoms with Gasteiger partial charge in [-0.3, -0.25) is 4.90 Å². The molecule has 0 radical (unpaired) electrons. The van der Waals surface area contributed by atoms with E-state index < -0.39 is 0 Å². The number of aliphatic hydroxyl groups is 1. The molecule has 0 atom stereocenters. The van der Waals surface area contributed by atoms with Crippen LogP contribution in [-0.2, 0) is 0 Å². The van der Waals surface area contributed by atoms with Crippen molar-refractivity contribution in [2.75, 3.05) is 26.3 Å². The Bertz CT molecular complexity index is 314. The van der Waals surface area contributed by atoms with Gasteiger partial charge in [0.1, 0.15) is 12.4 Å². The van der Waals surface area contributed by atoms with Crippen LogP contribution < -0.4 is 4.74 Å². The van der Waals surface area contributed by atoms with Gasteiger partial charge in [0.25, 0.3) is 0 Å². The van der Waals surface area contributed by atoms with Gasteiger partial charge in [-0.15, -0.1) is 0 Å². The molecular weight excluding hydrogens is 282 g/mol. The Balaban J connectivity index is 2.33. The zero-order valence-electron chi connectivity index (χ0n) is 10.4. The standard InChI is InChI=1S/C13H20BrNO2/c1-11(2)15(7-9-16)8-10-17-13-5-3-12(14)4-6-13/h3-6,11,16H,7-10H2,1-2H3. The third-order valence-electron chi connectivity index (χ3n) is 2.58. The molecule has 0 saturated carbocycles. The van der Waals surface area contributed by atoms with Crippen molar-refractivity contribution >= 4 is 15.9 Å². The lowest BCUT2D eigenvalue weighted by Gasteiger charge is -2.25. The van der Waals surface area contributed by atoms with Crippen molar-refractivity contribution in [1.29, 1.82) is 0 Å². The Labute approximate surface area is 112 Å². The number of nitrogens with zero attached hydrogens (tertiary/aromatic N) is 1. The number of hydrogen-bond donors (Lipinski definition) is 1. The van der Waals surface area contributed by atoms with Crippen molar-refractivity contribution < 1.29 is 9.84 Å². The highest BCUT2D eigenvalue weighted by Gasteiger charge is 2.08. The lowest BCUT2D eigenvalue weighted by Crippen LogP contribution is -2.36. The summed E-state index contributed by atoms with van der Waals surface area (Å²) in [7, 11) is 0. The van der Waals surface area contributed by atoms with Crippen LogP contribution in [0.3, 0.4) is 0 Å². The number of ether oxygens (including phenoxy) is 1. The van der Waals surface area contributed by atoms with Crippen molar-refractivity contribution in [3.8, 4) is 5.75 Å². The number of halogens is 1. The smallest absolute Gasteiger partial charge is 0.119 e. The molecule has 0 fully saturated rings. The van der Waals surface area contributed by atoms with Gasteiger partial charge in [0.05, 0.1) is 6.61 Å². The molecule has 1 aromatic rings. The number of rotatable bonds is 7. The Hall–Kier alpha value is -0.580. The molecule has 17 heavy (non-hydrogen) atoms. The summed E-state index contributed by atoms with van der Waals surface area (Å²) in [6.45, 7) is 6.59. The van der Waals surface area contributed by atoms with Gasteiger partial charge >= 0.3 is 0 Å². The van der Waals surface area contributed by atoms with Crippen LogP contribution in [0.1, 0.15) is 13.8 Å². The molecule has 1 rings (SSSR count). The van der Waals surface area contributed by atoms with E-state index in [1.807, 2.05) is 24.3 Å². The second-order valence-corrected chi connectivity index (χ2v) is 5.07. The predicted octanol–water partition coefficient (Wildman–Crippen LogP) is 2.53. The van der Waals surface area contributed by atoms with E-state index in [4.69, 9.17) is 9.84 Å². The average Bonchev–Trinajstić information content (AvgIpc) is 2.30. The molecule has 96 valence electrons. The molecule has 4 heteroatoms. The number of benzene rings is 1. The van der Waals surface area contributed by atoms with Crippen LogP contribution in [0.2, 0.25) is 0 Å². The van der Waals surface area contributed by atoms with E-state index in [1.54, 1.807) is 0 Å². The minimum Gasteiger partial charge on any atom is -0.492 e. The van der Waals surface area contributed by atoms with E-state index in [0.29, 0.717) is 19.2 Å². The first-order valence-corrected chi connectivity index (χ1v) is 6.66. The fourth-order valence-electron chi connectivity index (χ4n) is 1.57. The lowest BCUT2D eigenvalue weighted by molar-refractivity contribution is 0.141. The van der Waals surface area contributed by atoms with Gasteiger partial charge in [-0.1, -0.05) is 15.9 Å². The monoisotopic (exact) mass is 301 g/mol. The molecule has 0 saturated heterocycles. The summed E-state index contributed by atoms with van der Waals surface area (Å²) in [5, 5.41) is 8.94. The summed E-state index contributed by atoms with van der Waals surface area (Å²) in [6.07, 6.45) is 0. The van der Waals surface area contributed by atoms with Crippen molar-refractivity contribution in [2.24, 2.45) is 0 Å². The molecule has 0 unspecified atom stereocenters. The van der Waals surface area contributed by atoms with E-state index in [0.717, 1.165) is 16.8 Å². The zero-order chi connectivity index (χ0) is 12.7. The first-order valence-electron chi connectivity index (χ1n) is 5.86. The van der Waals surface area contributed by atoms with Crippen LogP contribution in [0.25, 0.3) is 0 Å². The molecule has 0 aliphatic heterocycles. The molecular formula is C13H20BrNO2. The second-order valence-electron chi connectivity index (χ2n) is 4.16. The summed E-state index contributed by atoms with van der Waals surface area (Å²) >= 11 is 3.38. The van der Waals surface area contributed by atoms with E-state index in [-0.39, 0.29) is 6.61 Å². The third-order valence-corrected chi connectivity index (χ3v) is 3.11. The minimum absolute atomic E-state index is 0.191. The second kappa shape index (κ2) is 7.69. The first-order chi connectivity index (χ1) is 8.13. The average molecular weight is 302 g/mol. The quantitative estimate of drug-likeness (QED) is 0.840. The van der Waals surface area contributed by atoms with Gasteiger partial charge in [-0.2, -0.15) is 0 Å². The summed E-state index contributed by atoms with van der Waals surface area (Å²) in [6, 6.07) is 8.23. The molecule has 0 aliphatic carbocycles. The molecule has 0 heterocycles. The molecule has 0 spiro atoms. The van der Waals surface area contributed by atoms with Gasteiger partial charge in [0.2, 0.25) is 0 Å². The van der Waals surface area contributed by atoms with Gasteiger partial charge in [0.15, 0.2) is 0 Å². The number of aliphatic hydroxyl groups excluding tert-OH is 1. The van der Waals surface area contributed by atoms with E-state index >= 15 is 0 Å². The van der Waals surface area contributed by atoms with Crippen molar-refractivity contribution in [2.45, 2.75) is 19.9 Å². The summed E-state index contributed by atoms with van der Waals surface area (Å²) in [4.78, 5) is 2.19. The molecule has 0 amide bonds. The Morgan fingerprint density at radius 1 is 1.24 bits per heavy atom. The number of hydrogen-bond acceptors (Lipinski definition) is 3. The molecule has 3 nitrogen and oxygen atoms in total. The predicted molar refractivity (Wildman–Crippen MR) is 73.4 cm³/mol. The first kappa shape index (κ1) is 14.5. The van der Waals surface area contributed by atoms with Crippen molar-refractivity contribution in [1.82, 2.24) is 4.90 Å².